The SMILES string of the molecule is C[C@H](Sc1ccccc1)C(=O)NC[C@@H](C)c1ccccc1. The highest BCUT2D eigenvalue weighted by molar-refractivity contribution is 8.00. The van der Waals surface area contributed by atoms with E-state index in [9.17, 15) is 4.79 Å². The maximum atomic E-state index is 12.2. The van der Waals surface area contributed by atoms with Gasteiger partial charge in [0, 0.05) is 11.4 Å². The van der Waals surface area contributed by atoms with E-state index in [1.165, 1.54) is 5.56 Å². The van der Waals surface area contributed by atoms with Gasteiger partial charge in [0.15, 0.2) is 0 Å². The number of thioether (sulfide) groups is 1. The first-order chi connectivity index (χ1) is 10.2. The average Bonchev–Trinajstić information content (AvgIpc) is 2.54. The fourth-order valence-corrected chi connectivity index (χ4v) is 2.97. The number of hydrogen-bond acceptors (Lipinski definition) is 2. The van der Waals surface area contributed by atoms with Gasteiger partial charge in [0.25, 0.3) is 0 Å². The van der Waals surface area contributed by atoms with Gasteiger partial charge in [-0.25, -0.2) is 0 Å². The van der Waals surface area contributed by atoms with E-state index in [-0.39, 0.29) is 11.2 Å². The Labute approximate surface area is 131 Å². The van der Waals surface area contributed by atoms with Crippen molar-refractivity contribution in [3.63, 3.8) is 0 Å². The van der Waals surface area contributed by atoms with Crippen molar-refractivity contribution in [3.05, 3.63) is 66.2 Å². The molecule has 0 radical (unpaired) electrons. The van der Waals surface area contributed by atoms with Crippen LogP contribution in [0.15, 0.2) is 65.6 Å². The van der Waals surface area contributed by atoms with Crippen LogP contribution in [0.5, 0.6) is 0 Å². The predicted octanol–water partition coefficient (Wildman–Crippen LogP) is 4.09. The Morgan fingerprint density at radius 3 is 2.19 bits per heavy atom. The molecule has 0 aliphatic carbocycles. The van der Waals surface area contributed by atoms with Gasteiger partial charge in [0.1, 0.15) is 0 Å². The third kappa shape index (κ3) is 4.94. The minimum Gasteiger partial charge on any atom is -0.355 e. The summed E-state index contributed by atoms with van der Waals surface area (Å²) in [6.07, 6.45) is 0. The molecule has 0 saturated heterocycles. The molecule has 2 aromatic carbocycles. The summed E-state index contributed by atoms with van der Waals surface area (Å²) in [6.45, 7) is 4.74. The van der Waals surface area contributed by atoms with Crippen molar-refractivity contribution < 1.29 is 4.79 Å². The lowest BCUT2D eigenvalue weighted by Crippen LogP contribution is -2.33. The first-order valence-corrected chi connectivity index (χ1v) is 8.09. The summed E-state index contributed by atoms with van der Waals surface area (Å²) in [4.78, 5) is 13.3. The molecule has 0 aromatic heterocycles. The molecular formula is C18H21NOS. The van der Waals surface area contributed by atoms with Gasteiger partial charge in [0.2, 0.25) is 5.91 Å². The second kappa shape index (κ2) is 7.89. The van der Waals surface area contributed by atoms with Crippen LogP contribution < -0.4 is 5.32 Å². The van der Waals surface area contributed by atoms with Crippen molar-refractivity contribution in [1.82, 2.24) is 5.32 Å². The van der Waals surface area contributed by atoms with Crippen LogP contribution in [-0.4, -0.2) is 17.7 Å². The smallest absolute Gasteiger partial charge is 0.233 e. The Kier molecular flexibility index (Phi) is 5.88. The van der Waals surface area contributed by atoms with Crippen molar-refractivity contribution in [2.75, 3.05) is 6.54 Å². The molecule has 2 rings (SSSR count). The molecule has 0 heterocycles. The number of amides is 1. The van der Waals surface area contributed by atoms with Gasteiger partial charge in [-0.15, -0.1) is 11.8 Å². The van der Waals surface area contributed by atoms with E-state index < -0.39 is 0 Å². The van der Waals surface area contributed by atoms with E-state index in [1.54, 1.807) is 11.8 Å². The van der Waals surface area contributed by atoms with Gasteiger partial charge in [0.05, 0.1) is 5.25 Å². The Bertz CT molecular complexity index is 556. The Morgan fingerprint density at radius 1 is 1.00 bits per heavy atom. The monoisotopic (exact) mass is 299 g/mol. The fraction of sp³-hybridized carbons (Fsp3) is 0.278. The van der Waals surface area contributed by atoms with Crippen molar-refractivity contribution in [2.24, 2.45) is 0 Å². The third-order valence-electron chi connectivity index (χ3n) is 3.38. The minimum absolute atomic E-state index is 0.0876. The molecule has 0 bridgehead atoms. The summed E-state index contributed by atoms with van der Waals surface area (Å²) in [6, 6.07) is 20.3. The maximum absolute atomic E-state index is 12.2. The molecule has 0 fully saturated rings. The zero-order valence-electron chi connectivity index (χ0n) is 12.5. The van der Waals surface area contributed by atoms with Crippen LogP contribution in [0, 0.1) is 0 Å². The largest absolute Gasteiger partial charge is 0.355 e. The summed E-state index contributed by atoms with van der Waals surface area (Å²) in [5.74, 6) is 0.413. The quantitative estimate of drug-likeness (QED) is 0.814. The van der Waals surface area contributed by atoms with Gasteiger partial charge >= 0.3 is 0 Å². The number of rotatable bonds is 6. The normalized spacial score (nSPS) is 13.4. The van der Waals surface area contributed by atoms with E-state index in [0.717, 1.165) is 4.90 Å². The van der Waals surface area contributed by atoms with Crippen LogP contribution in [0.25, 0.3) is 0 Å². The standard InChI is InChI=1S/C18H21NOS/c1-14(16-9-5-3-6-10-16)13-19-18(20)15(2)21-17-11-7-4-8-12-17/h3-12,14-15H,13H2,1-2H3,(H,19,20)/t14-,15+/m1/s1. The molecule has 2 atom stereocenters. The van der Waals surface area contributed by atoms with Crippen molar-refractivity contribution in [2.45, 2.75) is 29.9 Å². The van der Waals surface area contributed by atoms with Gasteiger partial charge in [-0.05, 0) is 30.5 Å². The lowest BCUT2D eigenvalue weighted by molar-refractivity contribution is -0.120. The van der Waals surface area contributed by atoms with Crippen molar-refractivity contribution >= 4 is 17.7 Å². The predicted molar refractivity (Wildman–Crippen MR) is 89.6 cm³/mol. The zero-order chi connectivity index (χ0) is 15.1. The number of benzene rings is 2. The van der Waals surface area contributed by atoms with E-state index in [1.807, 2.05) is 55.5 Å². The molecule has 2 nitrogen and oxygen atoms in total. The minimum atomic E-state index is -0.0876. The number of carbonyl (C=O) groups excluding carboxylic acids is 1. The summed E-state index contributed by atoms with van der Waals surface area (Å²) in [5, 5.41) is 2.95. The van der Waals surface area contributed by atoms with Gasteiger partial charge < -0.3 is 5.32 Å². The highest BCUT2D eigenvalue weighted by atomic mass is 32.2. The van der Waals surface area contributed by atoms with Gasteiger partial charge in [-0.2, -0.15) is 0 Å². The van der Waals surface area contributed by atoms with Crippen LogP contribution in [0.1, 0.15) is 25.3 Å². The van der Waals surface area contributed by atoms with Crippen LogP contribution in [0.4, 0.5) is 0 Å². The zero-order valence-corrected chi connectivity index (χ0v) is 13.3. The van der Waals surface area contributed by atoms with Crippen LogP contribution in [0.3, 0.4) is 0 Å². The molecule has 2 aromatic rings. The molecule has 0 aliphatic rings. The van der Waals surface area contributed by atoms with Gasteiger partial charge in [-0.1, -0.05) is 55.5 Å². The maximum Gasteiger partial charge on any atom is 0.233 e. The third-order valence-corrected chi connectivity index (χ3v) is 4.49. The van der Waals surface area contributed by atoms with Crippen LogP contribution >= 0.6 is 11.8 Å². The lowest BCUT2D eigenvalue weighted by atomic mass is 10.0. The Morgan fingerprint density at radius 2 is 1.57 bits per heavy atom. The highest BCUT2D eigenvalue weighted by Gasteiger charge is 2.15. The molecule has 21 heavy (non-hydrogen) atoms. The average molecular weight is 299 g/mol. The molecule has 1 N–H and O–H groups in total. The van der Waals surface area contributed by atoms with Crippen LogP contribution in [0.2, 0.25) is 0 Å². The van der Waals surface area contributed by atoms with E-state index in [2.05, 4.69) is 24.4 Å². The number of nitrogens with one attached hydrogen (secondary N) is 1. The van der Waals surface area contributed by atoms with E-state index >= 15 is 0 Å². The van der Waals surface area contributed by atoms with Crippen molar-refractivity contribution in [3.8, 4) is 0 Å². The first kappa shape index (κ1) is 15.6. The summed E-state index contributed by atoms with van der Waals surface area (Å²) in [5.41, 5.74) is 1.25. The Balaban J connectivity index is 1.81. The summed E-state index contributed by atoms with van der Waals surface area (Å²) < 4.78 is 0. The first-order valence-electron chi connectivity index (χ1n) is 7.21. The second-order valence-corrected chi connectivity index (χ2v) is 6.54. The molecular weight excluding hydrogens is 278 g/mol. The summed E-state index contributed by atoms with van der Waals surface area (Å²) in [7, 11) is 0. The summed E-state index contributed by atoms with van der Waals surface area (Å²) >= 11 is 1.59. The van der Waals surface area contributed by atoms with Crippen LogP contribution in [-0.2, 0) is 4.79 Å². The fourth-order valence-electron chi connectivity index (χ4n) is 2.05. The topological polar surface area (TPSA) is 29.1 Å². The molecule has 0 saturated carbocycles. The lowest BCUT2D eigenvalue weighted by Gasteiger charge is -2.16. The molecule has 0 unspecified atom stereocenters. The van der Waals surface area contributed by atoms with E-state index in [4.69, 9.17) is 0 Å². The number of carbonyl (C=O) groups is 1. The molecule has 3 heteroatoms. The molecule has 110 valence electrons. The molecule has 0 spiro atoms. The Hall–Kier alpha value is -1.74. The van der Waals surface area contributed by atoms with Gasteiger partial charge in [-0.3, -0.25) is 4.79 Å². The number of hydrogen-bond donors (Lipinski definition) is 1. The molecule has 0 aliphatic heterocycles. The van der Waals surface area contributed by atoms with E-state index in [0.29, 0.717) is 12.5 Å². The molecule has 1 amide bonds. The highest BCUT2D eigenvalue weighted by Crippen LogP contribution is 2.22. The van der Waals surface area contributed by atoms with Crippen molar-refractivity contribution in [1.29, 1.82) is 0 Å². The second-order valence-electron chi connectivity index (χ2n) is 5.13.